The SMILES string of the molecule is C[C@@H]1CN(c2nc(=O)n(C)c3c2nnn3C[C@H]2CCCO2)[C@@H](C)CN1C(c1ccc(F)cc1)c1ccc(F)cc1. The number of fused-ring (bicyclic) bond motifs is 1. The molecular formula is C29H33F2N7O2. The number of ether oxygens (including phenoxy) is 1. The summed E-state index contributed by atoms with van der Waals surface area (Å²) in [6.45, 7) is 6.68. The van der Waals surface area contributed by atoms with Gasteiger partial charge in [-0.05, 0) is 62.1 Å². The zero-order valence-electron chi connectivity index (χ0n) is 22.9. The number of anilines is 1. The molecule has 0 radical (unpaired) electrons. The van der Waals surface area contributed by atoms with Gasteiger partial charge in [-0.2, -0.15) is 4.98 Å². The molecule has 3 atom stereocenters. The van der Waals surface area contributed by atoms with E-state index < -0.39 is 0 Å². The Bertz CT molecular complexity index is 1500. The van der Waals surface area contributed by atoms with Gasteiger partial charge in [-0.25, -0.2) is 18.3 Å². The molecule has 6 rings (SSSR count). The van der Waals surface area contributed by atoms with Crippen molar-refractivity contribution in [2.45, 2.75) is 57.5 Å². The summed E-state index contributed by atoms with van der Waals surface area (Å²) in [4.78, 5) is 21.9. The Labute approximate surface area is 231 Å². The van der Waals surface area contributed by atoms with E-state index in [2.05, 4.69) is 38.9 Å². The average molecular weight is 550 g/mol. The van der Waals surface area contributed by atoms with E-state index in [0.29, 0.717) is 36.6 Å². The normalized spacial score (nSPS) is 22.1. The molecule has 11 heteroatoms. The van der Waals surface area contributed by atoms with E-state index in [0.717, 1.165) is 30.6 Å². The van der Waals surface area contributed by atoms with Crippen LogP contribution in [0.3, 0.4) is 0 Å². The Morgan fingerprint density at radius 1 is 0.975 bits per heavy atom. The van der Waals surface area contributed by atoms with Crippen molar-refractivity contribution in [1.29, 1.82) is 0 Å². The molecule has 2 saturated heterocycles. The van der Waals surface area contributed by atoms with E-state index in [-0.39, 0.29) is 41.6 Å². The molecule has 0 spiro atoms. The number of hydrogen-bond donors (Lipinski definition) is 0. The van der Waals surface area contributed by atoms with Gasteiger partial charge in [0.25, 0.3) is 0 Å². The fraction of sp³-hybridized carbons (Fsp3) is 0.448. The smallest absolute Gasteiger partial charge is 0.351 e. The summed E-state index contributed by atoms with van der Waals surface area (Å²) in [5.74, 6) is -0.0851. The molecular weight excluding hydrogens is 516 g/mol. The average Bonchev–Trinajstić information content (AvgIpc) is 3.61. The van der Waals surface area contributed by atoms with Crippen LogP contribution in [0.1, 0.15) is 43.9 Å². The first-order valence-corrected chi connectivity index (χ1v) is 13.7. The second kappa shape index (κ2) is 10.7. The van der Waals surface area contributed by atoms with Gasteiger partial charge in [-0.15, -0.1) is 5.10 Å². The van der Waals surface area contributed by atoms with Crippen molar-refractivity contribution in [3.05, 3.63) is 81.8 Å². The van der Waals surface area contributed by atoms with E-state index >= 15 is 0 Å². The molecule has 2 aromatic heterocycles. The van der Waals surface area contributed by atoms with Crippen LogP contribution >= 0.6 is 0 Å². The van der Waals surface area contributed by atoms with E-state index in [4.69, 9.17) is 4.74 Å². The summed E-state index contributed by atoms with van der Waals surface area (Å²) >= 11 is 0. The Hall–Kier alpha value is -3.70. The minimum absolute atomic E-state index is 0.0131. The van der Waals surface area contributed by atoms with Crippen LogP contribution in [0.15, 0.2) is 53.3 Å². The molecule has 0 aliphatic carbocycles. The van der Waals surface area contributed by atoms with Crippen LogP contribution < -0.4 is 10.6 Å². The monoisotopic (exact) mass is 549 g/mol. The van der Waals surface area contributed by atoms with Crippen LogP contribution in [0, 0.1) is 11.6 Å². The predicted molar refractivity (Wildman–Crippen MR) is 147 cm³/mol. The largest absolute Gasteiger partial charge is 0.376 e. The molecule has 2 aliphatic heterocycles. The van der Waals surface area contributed by atoms with Crippen molar-refractivity contribution in [2.75, 3.05) is 24.6 Å². The molecule has 0 amide bonds. The third-order valence-corrected chi connectivity index (χ3v) is 8.14. The van der Waals surface area contributed by atoms with Crippen molar-refractivity contribution < 1.29 is 13.5 Å². The molecule has 0 saturated carbocycles. The lowest BCUT2D eigenvalue weighted by Crippen LogP contribution is -2.58. The lowest BCUT2D eigenvalue weighted by atomic mass is 9.93. The molecule has 9 nitrogen and oxygen atoms in total. The van der Waals surface area contributed by atoms with Gasteiger partial charge >= 0.3 is 5.69 Å². The highest BCUT2D eigenvalue weighted by Gasteiger charge is 2.37. The lowest BCUT2D eigenvalue weighted by molar-refractivity contribution is 0.0943. The summed E-state index contributed by atoms with van der Waals surface area (Å²) in [7, 11) is 1.69. The van der Waals surface area contributed by atoms with Gasteiger partial charge in [0.05, 0.1) is 18.7 Å². The van der Waals surface area contributed by atoms with Gasteiger partial charge in [-0.3, -0.25) is 9.47 Å². The highest BCUT2D eigenvalue weighted by molar-refractivity contribution is 5.83. The molecule has 2 fully saturated rings. The Balaban J connectivity index is 1.34. The minimum Gasteiger partial charge on any atom is -0.376 e. The number of rotatable bonds is 6. The topological polar surface area (TPSA) is 81.3 Å². The standard InChI is InChI=1S/C29H33F2N7O2/c1-18-16-37(27-25-28(35(3)29(39)32-27)38(34-33-25)17-24-5-4-14-40-24)19(2)15-36(18)26(20-6-10-22(30)11-7-20)21-8-12-23(31)13-9-21/h6-13,18-19,24,26H,4-5,14-17H2,1-3H3/t18-,19+,24-/m1/s1. The Morgan fingerprint density at radius 3 is 2.23 bits per heavy atom. The van der Waals surface area contributed by atoms with E-state index in [1.807, 2.05) is 0 Å². The quantitative estimate of drug-likeness (QED) is 0.363. The fourth-order valence-electron chi connectivity index (χ4n) is 6.07. The first kappa shape index (κ1) is 26.5. The maximum Gasteiger partial charge on any atom is 0.351 e. The van der Waals surface area contributed by atoms with Crippen molar-refractivity contribution >= 4 is 17.0 Å². The van der Waals surface area contributed by atoms with Gasteiger partial charge in [-0.1, -0.05) is 29.5 Å². The number of nitrogens with zero attached hydrogens (tertiary/aromatic N) is 7. The van der Waals surface area contributed by atoms with Crippen LogP contribution in [-0.2, 0) is 18.3 Å². The Morgan fingerprint density at radius 2 is 1.62 bits per heavy atom. The maximum absolute atomic E-state index is 13.8. The van der Waals surface area contributed by atoms with E-state index in [1.54, 1.807) is 36.0 Å². The number of piperazine rings is 1. The summed E-state index contributed by atoms with van der Waals surface area (Å²) in [6, 6.07) is 12.7. The van der Waals surface area contributed by atoms with Crippen molar-refractivity contribution in [1.82, 2.24) is 29.4 Å². The third kappa shape index (κ3) is 4.88. The summed E-state index contributed by atoms with van der Waals surface area (Å²) in [6.07, 6.45) is 2.01. The van der Waals surface area contributed by atoms with Crippen molar-refractivity contribution in [3.63, 3.8) is 0 Å². The van der Waals surface area contributed by atoms with Crippen molar-refractivity contribution in [3.8, 4) is 0 Å². The first-order valence-electron chi connectivity index (χ1n) is 13.7. The molecule has 2 aromatic carbocycles. The molecule has 40 heavy (non-hydrogen) atoms. The number of benzene rings is 2. The van der Waals surface area contributed by atoms with Crippen LogP contribution in [0.5, 0.6) is 0 Å². The van der Waals surface area contributed by atoms with Crippen LogP contribution in [0.2, 0.25) is 0 Å². The fourth-order valence-corrected chi connectivity index (χ4v) is 6.07. The van der Waals surface area contributed by atoms with Crippen LogP contribution in [0.25, 0.3) is 11.2 Å². The minimum atomic E-state index is -0.365. The molecule has 210 valence electrons. The summed E-state index contributed by atoms with van der Waals surface area (Å²) < 4.78 is 36.7. The van der Waals surface area contributed by atoms with Gasteiger partial charge in [0.1, 0.15) is 11.6 Å². The van der Waals surface area contributed by atoms with E-state index in [9.17, 15) is 13.6 Å². The number of aryl methyl sites for hydroxylation is 1. The van der Waals surface area contributed by atoms with Gasteiger partial charge in [0.2, 0.25) is 0 Å². The zero-order valence-corrected chi connectivity index (χ0v) is 22.9. The zero-order chi connectivity index (χ0) is 28.0. The maximum atomic E-state index is 13.8. The van der Waals surface area contributed by atoms with Crippen LogP contribution in [0.4, 0.5) is 14.6 Å². The number of hydrogen-bond acceptors (Lipinski definition) is 7. The molecule has 0 N–H and O–H groups in total. The molecule has 4 heterocycles. The summed E-state index contributed by atoms with van der Waals surface area (Å²) in [5.41, 5.74) is 2.69. The molecule has 0 bridgehead atoms. The Kier molecular flexibility index (Phi) is 7.09. The second-order valence-electron chi connectivity index (χ2n) is 10.9. The molecule has 2 aliphatic rings. The molecule has 0 unspecified atom stereocenters. The first-order chi connectivity index (χ1) is 19.3. The second-order valence-corrected chi connectivity index (χ2v) is 10.9. The van der Waals surface area contributed by atoms with Gasteiger partial charge < -0.3 is 9.64 Å². The third-order valence-electron chi connectivity index (χ3n) is 8.14. The highest BCUT2D eigenvalue weighted by atomic mass is 19.1. The predicted octanol–water partition coefficient (Wildman–Crippen LogP) is 3.67. The van der Waals surface area contributed by atoms with E-state index in [1.165, 1.54) is 28.8 Å². The van der Waals surface area contributed by atoms with Gasteiger partial charge in [0, 0.05) is 38.8 Å². The van der Waals surface area contributed by atoms with Crippen LogP contribution in [-0.4, -0.2) is 67.3 Å². The lowest BCUT2D eigenvalue weighted by Gasteiger charge is -2.48. The van der Waals surface area contributed by atoms with Gasteiger partial charge in [0.15, 0.2) is 17.0 Å². The number of aromatic nitrogens is 5. The highest BCUT2D eigenvalue weighted by Crippen LogP contribution is 2.35. The number of halogens is 2. The summed E-state index contributed by atoms with van der Waals surface area (Å²) in [5, 5.41) is 8.86. The van der Waals surface area contributed by atoms with Crippen molar-refractivity contribution in [2.24, 2.45) is 7.05 Å². The molecule has 4 aromatic rings.